The summed E-state index contributed by atoms with van der Waals surface area (Å²) in [5, 5.41) is 2.71. The number of hydrogen-bond donors (Lipinski definition) is 2. The zero-order valence-corrected chi connectivity index (χ0v) is 18.0. The third-order valence-corrected chi connectivity index (χ3v) is 6.72. The molecule has 4 nitrogen and oxygen atoms in total. The van der Waals surface area contributed by atoms with Crippen molar-refractivity contribution in [2.75, 3.05) is 16.6 Å². The van der Waals surface area contributed by atoms with E-state index in [1.165, 1.54) is 24.1 Å². The maximum Gasteiger partial charge on any atom is 0.184 e. The van der Waals surface area contributed by atoms with Crippen LogP contribution in [-0.4, -0.2) is 23.6 Å². The fourth-order valence-electron chi connectivity index (χ4n) is 3.48. The molecule has 2 N–H and O–H groups in total. The molecule has 2 aromatic rings. The molecule has 1 spiro atoms. The molecule has 2 atom stereocenters. The van der Waals surface area contributed by atoms with E-state index in [2.05, 4.69) is 10.0 Å². The topological polar surface area (TPSA) is 45.8 Å². The minimum absolute atomic E-state index is 0.0249. The van der Waals surface area contributed by atoms with E-state index >= 15 is 0 Å². The summed E-state index contributed by atoms with van der Waals surface area (Å²) < 4.78 is 57.8. The van der Waals surface area contributed by atoms with Crippen molar-refractivity contribution < 1.29 is 22.6 Å². The van der Waals surface area contributed by atoms with Crippen LogP contribution in [0.4, 0.5) is 30.2 Å². The molecule has 2 aliphatic heterocycles. The molecular formula is C22H25F3N2O2S. The van der Waals surface area contributed by atoms with Crippen molar-refractivity contribution in [3.8, 4) is 5.75 Å². The highest BCUT2D eigenvalue weighted by molar-refractivity contribution is 8.02. The van der Waals surface area contributed by atoms with Crippen LogP contribution in [0.5, 0.6) is 5.75 Å². The molecule has 2 aromatic carbocycles. The summed E-state index contributed by atoms with van der Waals surface area (Å²) in [6.07, 6.45) is 3.09. The number of epoxide rings is 1. The zero-order valence-electron chi connectivity index (χ0n) is 17.2. The maximum atomic E-state index is 14.7. The second kappa shape index (κ2) is 8.23. The second-order valence-electron chi connectivity index (χ2n) is 7.64. The van der Waals surface area contributed by atoms with Gasteiger partial charge >= 0.3 is 0 Å². The van der Waals surface area contributed by atoms with Gasteiger partial charge in [0, 0.05) is 10.8 Å². The Bertz CT molecular complexity index is 952. The van der Waals surface area contributed by atoms with Gasteiger partial charge in [-0.3, -0.25) is 0 Å². The summed E-state index contributed by atoms with van der Waals surface area (Å²) in [4.78, 5) is 0. The monoisotopic (exact) mass is 438 g/mol. The van der Waals surface area contributed by atoms with Crippen LogP contribution >= 0.6 is 11.9 Å². The molecule has 1 saturated heterocycles. The Kier molecular flexibility index (Phi) is 5.81. The summed E-state index contributed by atoms with van der Waals surface area (Å²) in [5.41, 5.74) is 0.898. The standard InChI is InChI=1S/C20H19F3N2O2S.C2H6/c1-10-2-3-13(11(21)6-10)24-19-17(23)12(22)7-14-18(19)25-28-20(4-5-20)8-15-16(27-15)9-26-14;1-2/h2-3,6-7,15-16,24-25H,4-5,8-9H2,1H3;1-2H3. The summed E-state index contributed by atoms with van der Waals surface area (Å²) in [5.74, 6) is -2.52. The van der Waals surface area contributed by atoms with Gasteiger partial charge in [-0.25, -0.2) is 13.2 Å². The normalized spacial score (nSPS) is 23.0. The molecule has 0 amide bonds. The smallest absolute Gasteiger partial charge is 0.184 e. The average Bonchev–Trinajstić information content (AvgIpc) is 3.65. The Balaban J connectivity index is 0.00000106. The van der Waals surface area contributed by atoms with E-state index in [9.17, 15) is 13.2 Å². The van der Waals surface area contributed by atoms with Crippen LogP contribution in [0.3, 0.4) is 0 Å². The van der Waals surface area contributed by atoms with Crippen molar-refractivity contribution in [3.63, 3.8) is 0 Å². The lowest BCUT2D eigenvalue weighted by atomic mass is 10.1. The molecule has 162 valence electrons. The first-order valence-corrected chi connectivity index (χ1v) is 11.0. The third kappa shape index (κ3) is 4.21. The number of nitrogens with one attached hydrogen (secondary N) is 2. The van der Waals surface area contributed by atoms with Crippen molar-refractivity contribution in [1.82, 2.24) is 0 Å². The fourth-order valence-corrected chi connectivity index (χ4v) is 4.56. The van der Waals surface area contributed by atoms with Gasteiger partial charge in [0.05, 0.1) is 11.8 Å². The van der Waals surface area contributed by atoms with Crippen LogP contribution in [-0.2, 0) is 4.74 Å². The molecule has 1 saturated carbocycles. The van der Waals surface area contributed by atoms with Crippen LogP contribution in [0.2, 0.25) is 0 Å². The SMILES string of the molecule is CC.Cc1ccc(Nc2c(F)c(F)cc3c2NSC2(CC2)CC2OC2CO3)c(F)c1. The molecule has 1 aliphatic carbocycles. The number of fused-ring (bicyclic) bond motifs is 2. The van der Waals surface area contributed by atoms with Gasteiger partial charge in [-0.05, 0) is 55.8 Å². The number of ether oxygens (including phenoxy) is 2. The summed E-state index contributed by atoms with van der Waals surface area (Å²) in [6, 6.07) is 5.55. The van der Waals surface area contributed by atoms with Gasteiger partial charge in [-0.15, -0.1) is 0 Å². The number of hydrogen-bond acceptors (Lipinski definition) is 5. The van der Waals surface area contributed by atoms with E-state index in [1.54, 1.807) is 13.0 Å². The summed E-state index contributed by atoms with van der Waals surface area (Å²) in [7, 11) is 0. The van der Waals surface area contributed by atoms with E-state index in [4.69, 9.17) is 9.47 Å². The molecule has 0 radical (unpaired) electrons. The van der Waals surface area contributed by atoms with Gasteiger partial charge in [-0.1, -0.05) is 19.9 Å². The molecule has 0 aromatic heterocycles. The molecule has 30 heavy (non-hydrogen) atoms. The van der Waals surface area contributed by atoms with Crippen molar-refractivity contribution in [2.24, 2.45) is 0 Å². The van der Waals surface area contributed by atoms with Gasteiger partial charge in [-0.2, -0.15) is 0 Å². The van der Waals surface area contributed by atoms with E-state index < -0.39 is 17.5 Å². The quantitative estimate of drug-likeness (QED) is 0.424. The number of rotatable bonds is 2. The van der Waals surface area contributed by atoms with Gasteiger partial charge in [0.1, 0.15) is 35.7 Å². The van der Waals surface area contributed by atoms with E-state index in [-0.39, 0.29) is 46.4 Å². The van der Waals surface area contributed by atoms with Crippen LogP contribution < -0.4 is 14.8 Å². The molecule has 2 heterocycles. The Morgan fingerprint density at radius 1 is 1.10 bits per heavy atom. The second-order valence-corrected chi connectivity index (χ2v) is 8.92. The van der Waals surface area contributed by atoms with Crippen molar-refractivity contribution in [3.05, 3.63) is 47.3 Å². The molecule has 8 heteroatoms. The molecule has 3 aliphatic rings. The summed E-state index contributed by atoms with van der Waals surface area (Å²) in [6.45, 7) is 6.02. The molecule has 0 bridgehead atoms. The molecule has 2 fully saturated rings. The first-order chi connectivity index (χ1) is 14.4. The highest BCUT2D eigenvalue weighted by Crippen LogP contribution is 2.56. The minimum atomic E-state index is -1.09. The van der Waals surface area contributed by atoms with Crippen molar-refractivity contribution >= 4 is 29.0 Å². The lowest BCUT2D eigenvalue weighted by Crippen LogP contribution is -2.18. The zero-order chi connectivity index (χ0) is 21.5. The highest BCUT2D eigenvalue weighted by atomic mass is 32.2. The van der Waals surface area contributed by atoms with Crippen molar-refractivity contribution in [2.45, 2.75) is 57.0 Å². The van der Waals surface area contributed by atoms with Crippen LogP contribution in [0.25, 0.3) is 0 Å². The first-order valence-electron chi connectivity index (χ1n) is 10.2. The summed E-state index contributed by atoms with van der Waals surface area (Å²) >= 11 is 1.47. The number of benzene rings is 2. The molecule has 2 unspecified atom stereocenters. The largest absolute Gasteiger partial charge is 0.488 e. The fraction of sp³-hybridized carbons (Fsp3) is 0.455. The average molecular weight is 439 g/mol. The van der Waals surface area contributed by atoms with Crippen LogP contribution in [0.15, 0.2) is 24.3 Å². The van der Waals surface area contributed by atoms with Gasteiger partial charge in [0.25, 0.3) is 0 Å². The third-order valence-electron chi connectivity index (χ3n) is 5.41. The van der Waals surface area contributed by atoms with E-state index in [0.717, 1.165) is 30.9 Å². The Morgan fingerprint density at radius 3 is 2.57 bits per heavy atom. The Labute approximate surface area is 178 Å². The molecular weight excluding hydrogens is 413 g/mol. The van der Waals surface area contributed by atoms with Gasteiger partial charge < -0.3 is 19.5 Å². The minimum Gasteiger partial charge on any atom is -0.488 e. The van der Waals surface area contributed by atoms with Crippen molar-refractivity contribution in [1.29, 1.82) is 0 Å². The number of anilines is 3. The molecule has 5 rings (SSSR count). The Morgan fingerprint density at radius 2 is 1.87 bits per heavy atom. The predicted octanol–water partition coefficient (Wildman–Crippen LogP) is 6.32. The maximum absolute atomic E-state index is 14.7. The van der Waals surface area contributed by atoms with Crippen LogP contribution in [0, 0.1) is 24.4 Å². The van der Waals surface area contributed by atoms with Crippen LogP contribution in [0.1, 0.15) is 38.7 Å². The number of halogens is 3. The Hall–Kier alpha value is -2.06. The predicted molar refractivity (Wildman–Crippen MR) is 114 cm³/mol. The van der Waals surface area contributed by atoms with Gasteiger partial charge in [0.15, 0.2) is 11.6 Å². The lowest BCUT2D eigenvalue weighted by molar-refractivity contribution is 0.259. The van der Waals surface area contributed by atoms with Gasteiger partial charge in [0.2, 0.25) is 0 Å². The number of aryl methyl sites for hydroxylation is 1. The first kappa shape index (κ1) is 21.2. The van der Waals surface area contributed by atoms with E-state index in [1.807, 2.05) is 13.8 Å². The van der Waals surface area contributed by atoms with E-state index in [0.29, 0.717) is 0 Å². The lowest BCUT2D eigenvalue weighted by Gasteiger charge is -2.22. The highest BCUT2D eigenvalue weighted by Gasteiger charge is 2.53.